The van der Waals surface area contributed by atoms with Crippen LogP contribution in [0.5, 0.6) is 0 Å². The van der Waals surface area contributed by atoms with E-state index >= 15 is 0 Å². The lowest BCUT2D eigenvalue weighted by atomic mass is 9.98. The molecule has 0 aromatic heterocycles. The predicted molar refractivity (Wildman–Crippen MR) is 74.8 cm³/mol. The molecule has 0 saturated carbocycles. The van der Waals surface area contributed by atoms with Gasteiger partial charge in [-0.1, -0.05) is 32.4 Å². The third-order valence-electron chi connectivity index (χ3n) is 3.77. The first-order valence-corrected chi connectivity index (χ1v) is 6.89. The van der Waals surface area contributed by atoms with Crippen molar-refractivity contribution in [2.45, 2.75) is 32.7 Å². The Kier molecular flexibility index (Phi) is 4.37. The quantitative estimate of drug-likeness (QED) is 0.920. The first kappa shape index (κ1) is 14.5. The van der Waals surface area contributed by atoms with E-state index in [2.05, 4.69) is 5.32 Å². The minimum absolute atomic E-state index is 0.0128. The van der Waals surface area contributed by atoms with E-state index in [0.29, 0.717) is 0 Å². The van der Waals surface area contributed by atoms with Crippen LogP contribution in [-0.2, 0) is 9.59 Å². The van der Waals surface area contributed by atoms with Crippen molar-refractivity contribution in [2.75, 3.05) is 11.4 Å². The Labute approximate surface area is 118 Å². The average molecular weight is 278 g/mol. The van der Waals surface area contributed by atoms with Gasteiger partial charge in [0.25, 0.3) is 0 Å². The molecule has 1 aromatic rings. The van der Waals surface area contributed by atoms with E-state index in [1.54, 1.807) is 18.2 Å². The molecule has 2 atom stereocenters. The Morgan fingerprint density at radius 1 is 1.40 bits per heavy atom. The molecule has 1 aliphatic rings. The molecule has 1 aliphatic heterocycles. The molecule has 5 heteroatoms. The highest BCUT2D eigenvalue weighted by molar-refractivity contribution is 6.01. The second kappa shape index (κ2) is 6.03. The summed E-state index contributed by atoms with van der Waals surface area (Å²) in [6.07, 6.45) is 0.953. The number of carbonyl (C=O) groups excluding carboxylic acids is 2. The highest BCUT2D eigenvalue weighted by Crippen LogP contribution is 2.23. The predicted octanol–water partition coefficient (Wildman–Crippen LogP) is 2.09. The fourth-order valence-electron chi connectivity index (χ4n) is 2.33. The Balaban J connectivity index is 2.35. The van der Waals surface area contributed by atoms with Crippen LogP contribution >= 0.6 is 0 Å². The maximum Gasteiger partial charge on any atom is 0.249 e. The zero-order chi connectivity index (χ0) is 14.7. The Morgan fingerprint density at radius 3 is 2.75 bits per heavy atom. The molecule has 0 spiro atoms. The molecule has 0 radical (unpaired) electrons. The summed E-state index contributed by atoms with van der Waals surface area (Å²) in [6, 6.07) is 5.56. The lowest BCUT2D eigenvalue weighted by molar-refractivity contribution is -0.126. The van der Waals surface area contributed by atoms with Crippen LogP contribution in [0.25, 0.3) is 0 Å². The summed E-state index contributed by atoms with van der Waals surface area (Å²) in [5.74, 6) is -0.838. The van der Waals surface area contributed by atoms with Gasteiger partial charge in [0.1, 0.15) is 11.9 Å². The van der Waals surface area contributed by atoms with Gasteiger partial charge in [-0.05, 0) is 18.1 Å². The summed E-state index contributed by atoms with van der Waals surface area (Å²) in [5.41, 5.74) is 0.238. The number of rotatable bonds is 3. The summed E-state index contributed by atoms with van der Waals surface area (Å²) < 4.78 is 13.9. The smallest absolute Gasteiger partial charge is 0.249 e. The number of nitrogens with one attached hydrogen (secondary N) is 1. The first-order chi connectivity index (χ1) is 9.54. The van der Waals surface area contributed by atoms with E-state index in [1.165, 1.54) is 11.0 Å². The van der Waals surface area contributed by atoms with Crippen LogP contribution in [0.1, 0.15) is 26.7 Å². The number of benzene rings is 1. The van der Waals surface area contributed by atoms with Gasteiger partial charge in [-0.3, -0.25) is 9.59 Å². The highest BCUT2D eigenvalue weighted by atomic mass is 19.1. The molecule has 2 unspecified atom stereocenters. The Morgan fingerprint density at radius 2 is 2.10 bits per heavy atom. The van der Waals surface area contributed by atoms with Gasteiger partial charge in [0.15, 0.2) is 0 Å². The van der Waals surface area contributed by atoms with Gasteiger partial charge in [-0.15, -0.1) is 0 Å². The van der Waals surface area contributed by atoms with Crippen LogP contribution in [-0.4, -0.2) is 24.4 Å². The number of hydrogen-bond donors (Lipinski definition) is 1. The normalized spacial score (nSPS) is 21.4. The molecular weight excluding hydrogens is 259 g/mol. The van der Waals surface area contributed by atoms with E-state index < -0.39 is 11.9 Å². The molecule has 1 N–H and O–H groups in total. The van der Waals surface area contributed by atoms with Crippen LogP contribution in [0.4, 0.5) is 10.1 Å². The summed E-state index contributed by atoms with van der Waals surface area (Å²) in [6.45, 7) is 4.08. The molecule has 1 fully saturated rings. The SMILES string of the molecule is CCC(C)C1NC(=O)CCN(c2ccccc2F)C1=O. The lowest BCUT2D eigenvalue weighted by Crippen LogP contribution is -2.48. The van der Waals surface area contributed by atoms with Crippen molar-refractivity contribution in [1.29, 1.82) is 0 Å². The fourth-order valence-corrected chi connectivity index (χ4v) is 2.33. The van der Waals surface area contributed by atoms with Crippen molar-refractivity contribution in [3.63, 3.8) is 0 Å². The maximum atomic E-state index is 13.9. The van der Waals surface area contributed by atoms with E-state index in [4.69, 9.17) is 0 Å². The van der Waals surface area contributed by atoms with Crippen LogP contribution < -0.4 is 10.2 Å². The Hall–Kier alpha value is -1.91. The van der Waals surface area contributed by atoms with Crippen LogP contribution in [0.3, 0.4) is 0 Å². The third kappa shape index (κ3) is 2.81. The molecule has 2 rings (SSSR count). The van der Waals surface area contributed by atoms with E-state index in [1.807, 2.05) is 13.8 Å². The van der Waals surface area contributed by atoms with E-state index in [0.717, 1.165) is 6.42 Å². The Bertz CT molecular complexity index is 518. The van der Waals surface area contributed by atoms with Gasteiger partial charge in [-0.25, -0.2) is 4.39 Å². The number of halogens is 1. The molecule has 1 saturated heterocycles. The molecule has 4 nitrogen and oxygen atoms in total. The molecule has 1 heterocycles. The van der Waals surface area contributed by atoms with Crippen LogP contribution in [0, 0.1) is 11.7 Å². The summed E-state index contributed by atoms with van der Waals surface area (Å²) >= 11 is 0. The second-order valence-electron chi connectivity index (χ2n) is 5.12. The van der Waals surface area contributed by atoms with Gasteiger partial charge >= 0.3 is 0 Å². The maximum absolute atomic E-state index is 13.9. The van der Waals surface area contributed by atoms with Gasteiger partial charge in [0.2, 0.25) is 11.8 Å². The molecule has 0 aliphatic carbocycles. The topological polar surface area (TPSA) is 49.4 Å². The van der Waals surface area contributed by atoms with Crippen molar-refractivity contribution in [3.05, 3.63) is 30.1 Å². The largest absolute Gasteiger partial charge is 0.344 e. The van der Waals surface area contributed by atoms with Gasteiger partial charge in [0, 0.05) is 13.0 Å². The fraction of sp³-hybridized carbons (Fsp3) is 0.467. The number of amides is 2. The van der Waals surface area contributed by atoms with Gasteiger partial charge in [-0.2, -0.15) is 0 Å². The zero-order valence-electron chi connectivity index (χ0n) is 11.7. The van der Waals surface area contributed by atoms with Crippen molar-refractivity contribution >= 4 is 17.5 Å². The minimum Gasteiger partial charge on any atom is -0.344 e. The number of para-hydroxylation sites is 1. The summed E-state index contributed by atoms with van der Waals surface area (Å²) in [4.78, 5) is 25.7. The summed E-state index contributed by atoms with van der Waals surface area (Å²) in [7, 11) is 0. The number of carbonyl (C=O) groups is 2. The molecular formula is C15H19FN2O2. The monoisotopic (exact) mass is 278 g/mol. The van der Waals surface area contributed by atoms with Crippen molar-refractivity contribution in [1.82, 2.24) is 5.32 Å². The number of anilines is 1. The van der Waals surface area contributed by atoms with Crippen molar-refractivity contribution in [2.24, 2.45) is 5.92 Å². The van der Waals surface area contributed by atoms with Crippen molar-refractivity contribution in [3.8, 4) is 0 Å². The third-order valence-corrected chi connectivity index (χ3v) is 3.77. The first-order valence-electron chi connectivity index (χ1n) is 6.89. The molecule has 1 aromatic carbocycles. The zero-order valence-corrected chi connectivity index (χ0v) is 11.7. The number of nitrogens with zero attached hydrogens (tertiary/aromatic N) is 1. The van der Waals surface area contributed by atoms with E-state index in [9.17, 15) is 14.0 Å². The lowest BCUT2D eigenvalue weighted by Gasteiger charge is -2.27. The molecule has 2 amide bonds. The van der Waals surface area contributed by atoms with Crippen LogP contribution in [0.2, 0.25) is 0 Å². The standard InChI is InChI=1S/C15H19FN2O2/c1-3-10(2)14-15(20)18(9-8-13(19)17-14)12-7-5-4-6-11(12)16/h4-7,10,14H,3,8-9H2,1-2H3,(H,17,19). The van der Waals surface area contributed by atoms with Crippen LogP contribution in [0.15, 0.2) is 24.3 Å². The minimum atomic E-state index is -0.588. The molecule has 108 valence electrons. The van der Waals surface area contributed by atoms with Crippen molar-refractivity contribution < 1.29 is 14.0 Å². The van der Waals surface area contributed by atoms with Gasteiger partial charge < -0.3 is 10.2 Å². The second-order valence-corrected chi connectivity index (χ2v) is 5.12. The van der Waals surface area contributed by atoms with E-state index in [-0.39, 0.29) is 36.4 Å². The average Bonchev–Trinajstić information content (AvgIpc) is 2.59. The highest BCUT2D eigenvalue weighted by Gasteiger charge is 2.34. The molecule has 0 bridgehead atoms. The number of hydrogen-bond acceptors (Lipinski definition) is 2. The van der Waals surface area contributed by atoms with Gasteiger partial charge in [0.05, 0.1) is 5.69 Å². The summed E-state index contributed by atoms with van der Waals surface area (Å²) in [5, 5.41) is 2.75. The molecule has 20 heavy (non-hydrogen) atoms.